The van der Waals surface area contributed by atoms with Crippen LogP contribution in [0.5, 0.6) is 0 Å². The summed E-state index contributed by atoms with van der Waals surface area (Å²) in [5.41, 5.74) is 1.31. The summed E-state index contributed by atoms with van der Waals surface area (Å²) in [4.78, 5) is 34.2. The van der Waals surface area contributed by atoms with Crippen molar-refractivity contribution in [1.82, 2.24) is 9.97 Å². The summed E-state index contributed by atoms with van der Waals surface area (Å²) in [5, 5.41) is 12.1. The maximum Gasteiger partial charge on any atom is 0.310 e. The van der Waals surface area contributed by atoms with Crippen LogP contribution in [0.3, 0.4) is 0 Å². The van der Waals surface area contributed by atoms with Gasteiger partial charge < -0.3 is 15.3 Å². The van der Waals surface area contributed by atoms with Gasteiger partial charge >= 0.3 is 5.97 Å². The normalized spacial score (nSPS) is 16.1. The first-order valence-corrected chi connectivity index (χ1v) is 8.69. The average molecular weight is 354 g/mol. The van der Waals surface area contributed by atoms with Gasteiger partial charge in [0.05, 0.1) is 12.1 Å². The third-order valence-electron chi connectivity index (χ3n) is 4.76. The minimum atomic E-state index is -0.884. The van der Waals surface area contributed by atoms with Crippen LogP contribution in [0.2, 0.25) is 0 Å². The predicted octanol–water partition coefficient (Wildman–Crippen LogP) is 2.52. The van der Waals surface area contributed by atoms with Crippen LogP contribution in [0.1, 0.15) is 31.2 Å². The summed E-state index contributed by atoms with van der Waals surface area (Å²) >= 11 is 0. The van der Waals surface area contributed by atoms with Crippen LogP contribution in [-0.2, 0) is 9.59 Å². The molecule has 0 saturated carbocycles. The summed E-state index contributed by atoms with van der Waals surface area (Å²) in [6, 6.07) is 7.03. The van der Waals surface area contributed by atoms with E-state index in [0.29, 0.717) is 11.3 Å². The molecule has 0 aliphatic carbocycles. The number of hydrogen-bond donors (Lipinski definition) is 2. The standard InChI is InChI=1S/C19H22N4O3/c1-13(19(25)26)15-3-2-4-16(11-15)22-18(24)14-5-9-23(10-6-14)17-12-20-7-8-21-17/h2-4,7-8,11-14H,5-6,9-10H2,1H3,(H,22,24)(H,25,26). The highest BCUT2D eigenvalue weighted by Gasteiger charge is 2.26. The Balaban J connectivity index is 1.58. The Morgan fingerprint density at radius 2 is 2.04 bits per heavy atom. The lowest BCUT2D eigenvalue weighted by atomic mass is 9.95. The maximum absolute atomic E-state index is 12.6. The minimum absolute atomic E-state index is 0.0241. The van der Waals surface area contributed by atoms with E-state index in [-0.39, 0.29) is 11.8 Å². The summed E-state index contributed by atoms with van der Waals surface area (Å²) in [6.07, 6.45) is 6.53. The maximum atomic E-state index is 12.6. The van der Waals surface area contributed by atoms with Crippen molar-refractivity contribution >= 4 is 23.4 Å². The summed E-state index contributed by atoms with van der Waals surface area (Å²) in [5.74, 6) is -0.749. The number of hydrogen-bond acceptors (Lipinski definition) is 5. The number of carboxylic acids is 1. The molecule has 7 heteroatoms. The molecule has 1 fully saturated rings. The summed E-state index contributed by atoms with van der Waals surface area (Å²) < 4.78 is 0. The molecule has 1 unspecified atom stereocenters. The number of piperidine rings is 1. The van der Waals surface area contributed by atoms with Crippen LogP contribution in [0.15, 0.2) is 42.9 Å². The molecular weight excluding hydrogens is 332 g/mol. The average Bonchev–Trinajstić information content (AvgIpc) is 2.68. The molecule has 1 atom stereocenters. The van der Waals surface area contributed by atoms with E-state index in [9.17, 15) is 9.59 Å². The lowest BCUT2D eigenvalue weighted by Crippen LogP contribution is -2.38. The number of nitrogens with one attached hydrogen (secondary N) is 1. The molecule has 1 aliphatic rings. The van der Waals surface area contributed by atoms with E-state index in [0.717, 1.165) is 31.7 Å². The number of anilines is 2. The van der Waals surface area contributed by atoms with Crippen molar-refractivity contribution in [2.24, 2.45) is 5.92 Å². The lowest BCUT2D eigenvalue weighted by molar-refractivity contribution is -0.138. The van der Waals surface area contributed by atoms with Crippen LogP contribution in [-0.4, -0.2) is 40.0 Å². The monoisotopic (exact) mass is 354 g/mol. The second-order valence-electron chi connectivity index (χ2n) is 6.50. The largest absolute Gasteiger partial charge is 0.481 e. The second kappa shape index (κ2) is 7.95. The quantitative estimate of drug-likeness (QED) is 0.857. The van der Waals surface area contributed by atoms with E-state index < -0.39 is 11.9 Å². The molecule has 136 valence electrons. The molecular formula is C19H22N4O3. The van der Waals surface area contributed by atoms with E-state index in [4.69, 9.17) is 5.11 Å². The van der Waals surface area contributed by atoms with Crippen molar-refractivity contribution in [3.05, 3.63) is 48.4 Å². The van der Waals surface area contributed by atoms with Crippen LogP contribution in [0.4, 0.5) is 11.5 Å². The van der Waals surface area contributed by atoms with Gasteiger partial charge in [0.2, 0.25) is 5.91 Å². The highest BCUT2D eigenvalue weighted by atomic mass is 16.4. The van der Waals surface area contributed by atoms with Gasteiger partial charge in [-0.1, -0.05) is 12.1 Å². The SMILES string of the molecule is CC(C(=O)O)c1cccc(NC(=O)C2CCN(c3cnccn3)CC2)c1. The fourth-order valence-electron chi connectivity index (χ4n) is 3.10. The van der Waals surface area contributed by atoms with Crippen molar-refractivity contribution < 1.29 is 14.7 Å². The van der Waals surface area contributed by atoms with Crippen LogP contribution < -0.4 is 10.2 Å². The summed E-state index contributed by atoms with van der Waals surface area (Å²) in [6.45, 7) is 3.14. The zero-order chi connectivity index (χ0) is 18.5. The first-order valence-electron chi connectivity index (χ1n) is 8.69. The topological polar surface area (TPSA) is 95.4 Å². The van der Waals surface area contributed by atoms with Crippen molar-refractivity contribution in [2.45, 2.75) is 25.7 Å². The number of aliphatic carboxylic acids is 1. The third kappa shape index (κ3) is 4.17. The van der Waals surface area contributed by atoms with Crippen molar-refractivity contribution in [3.63, 3.8) is 0 Å². The molecule has 26 heavy (non-hydrogen) atoms. The zero-order valence-electron chi connectivity index (χ0n) is 14.6. The molecule has 1 amide bonds. The number of carboxylic acid groups (broad SMARTS) is 1. The highest BCUT2D eigenvalue weighted by molar-refractivity contribution is 5.93. The predicted molar refractivity (Wildman–Crippen MR) is 98.1 cm³/mol. The molecule has 2 heterocycles. The van der Waals surface area contributed by atoms with Gasteiger partial charge in [-0.3, -0.25) is 14.6 Å². The Morgan fingerprint density at radius 3 is 2.69 bits per heavy atom. The fourth-order valence-corrected chi connectivity index (χ4v) is 3.10. The Labute approximate surface area is 152 Å². The molecule has 7 nitrogen and oxygen atoms in total. The van der Waals surface area contributed by atoms with Crippen molar-refractivity contribution in [1.29, 1.82) is 0 Å². The molecule has 2 N–H and O–H groups in total. The molecule has 0 spiro atoms. The second-order valence-corrected chi connectivity index (χ2v) is 6.50. The van der Waals surface area contributed by atoms with E-state index in [1.807, 2.05) is 0 Å². The Bertz CT molecular complexity index is 773. The minimum Gasteiger partial charge on any atom is -0.481 e. The van der Waals surface area contributed by atoms with Gasteiger partial charge in [-0.05, 0) is 37.5 Å². The molecule has 1 saturated heterocycles. The third-order valence-corrected chi connectivity index (χ3v) is 4.76. The number of aromatic nitrogens is 2. The van der Waals surface area contributed by atoms with Crippen LogP contribution in [0.25, 0.3) is 0 Å². The van der Waals surface area contributed by atoms with Gasteiger partial charge in [-0.2, -0.15) is 0 Å². The van der Waals surface area contributed by atoms with Gasteiger partial charge in [0.1, 0.15) is 5.82 Å². The summed E-state index contributed by atoms with van der Waals surface area (Å²) in [7, 11) is 0. The van der Waals surface area contributed by atoms with Gasteiger partial charge in [0, 0.05) is 37.1 Å². The fraction of sp³-hybridized carbons (Fsp3) is 0.368. The molecule has 2 aromatic rings. The lowest BCUT2D eigenvalue weighted by Gasteiger charge is -2.31. The number of benzene rings is 1. The molecule has 1 aromatic heterocycles. The number of rotatable bonds is 5. The van der Waals surface area contributed by atoms with Gasteiger partial charge in [0.25, 0.3) is 0 Å². The van der Waals surface area contributed by atoms with Gasteiger partial charge in [-0.25, -0.2) is 4.98 Å². The molecule has 3 rings (SSSR count). The van der Waals surface area contributed by atoms with Gasteiger partial charge in [-0.15, -0.1) is 0 Å². The number of carbonyl (C=O) groups excluding carboxylic acids is 1. The number of amides is 1. The smallest absolute Gasteiger partial charge is 0.310 e. The first-order chi connectivity index (χ1) is 12.5. The number of carbonyl (C=O) groups is 2. The Morgan fingerprint density at radius 1 is 1.27 bits per heavy atom. The molecule has 0 radical (unpaired) electrons. The van der Waals surface area contributed by atoms with Crippen LogP contribution >= 0.6 is 0 Å². The Kier molecular flexibility index (Phi) is 5.46. The van der Waals surface area contributed by atoms with Crippen molar-refractivity contribution in [3.8, 4) is 0 Å². The van der Waals surface area contributed by atoms with E-state index in [2.05, 4.69) is 20.2 Å². The number of nitrogens with zero attached hydrogens (tertiary/aromatic N) is 3. The zero-order valence-corrected chi connectivity index (χ0v) is 14.6. The van der Waals surface area contributed by atoms with Gasteiger partial charge in [0.15, 0.2) is 0 Å². The van der Waals surface area contributed by atoms with Crippen LogP contribution in [0, 0.1) is 5.92 Å². The Hall–Kier alpha value is -2.96. The molecule has 0 bridgehead atoms. The van der Waals surface area contributed by atoms with E-state index in [1.165, 1.54) is 0 Å². The van der Waals surface area contributed by atoms with E-state index in [1.54, 1.807) is 49.8 Å². The van der Waals surface area contributed by atoms with E-state index >= 15 is 0 Å². The van der Waals surface area contributed by atoms with Crippen molar-refractivity contribution in [2.75, 3.05) is 23.3 Å². The first kappa shape index (κ1) is 17.8. The highest BCUT2D eigenvalue weighted by Crippen LogP contribution is 2.24. The molecule has 1 aromatic carbocycles. The molecule has 1 aliphatic heterocycles.